The van der Waals surface area contributed by atoms with Crippen LogP contribution in [0.1, 0.15) is 46.0 Å². The Kier molecular flexibility index (Phi) is 4.11. The van der Waals surface area contributed by atoms with E-state index < -0.39 is 11.5 Å². The minimum Gasteiger partial charge on any atom is -0.480 e. The van der Waals surface area contributed by atoms with Gasteiger partial charge >= 0.3 is 5.97 Å². The Morgan fingerprint density at radius 2 is 2.00 bits per heavy atom. The average molecular weight is 215 g/mol. The molecule has 0 saturated heterocycles. The van der Waals surface area contributed by atoms with Gasteiger partial charge in [-0.25, -0.2) is 0 Å². The summed E-state index contributed by atoms with van der Waals surface area (Å²) >= 11 is 0. The van der Waals surface area contributed by atoms with Crippen molar-refractivity contribution in [3.05, 3.63) is 0 Å². The van der Waals surface area contributed by atoms with E-state index in [0.29, 0.717) is 12.8 Å². The first-order chi connectivity index (χ1) is 7.05. The molecule has 15 heavy (non-hydrogen) atoms. The second-order valence-corrected chi connectivity index (χ2v) is 4.34. The summed E-state index contributed by atoms with van der Waals surface area (Å²) in [7, 11) is 0. The van der Waals surface area contributed by atoms with Crippen LogP contribution in [0.25, 0.3) is 0 Å². The summed E-state index contributed by atoms with van der Waals surface area (Å²) in [5, 5.41) is 22.0. The lowest BCUT2D eigenvalue weighted by molar-refractivity contribution is -0.146. The van der Waals surface area contributed by atoms with Gasteiger partial charge in [-0.15, -0.1) is 0 Å². The van der Waals surface area contributed by atoms with Crippen molar-refractivity contribution in [3.8, 4) is 0 Å². The SMILES string of the molecule is CCC(CC)(NC1CCCC1O)C(=O)O. The van der Waals surface area contributed by atoms with Gasteiger partial charge in [0, 0.05) is 6.04 Å². The molecule has 1 fully saturated rings. The molecule has 0 heterocycles. The van der Waals surface area contributed by atoms with Crippen LogP contribution in [0.2, 0.25) is 0 Å². The van der Waals surface area contributed by atoms with Gasteiger partial charge in [0.05, 0.1) is 6.10 Å². The Bertz CT molecular complexity index is 226. The van der Waals surface area contributed by atoms with E-state index in [1.807, 2.05) is 13.8 Å². The molecule has 0 aromatic rings. The minimum absolute atomic E-state index is 0.0546. The number of hydrogen-bond donors (Lipinski definition) is 3. The fourth-order valence-electron chi connectivity index (χ4n) is 2.28. The van der Waals surface area contributed by atoms with E-state index in [9.17, 15) is 15.0 Å². The summed E-state index contributed by atoms with van der Waals surface area (Å²) in [6.07, 6.45) is 3.32. The number of carboxylic acid groups (broad SMARTS) is 1. The summed E-state index contributed by atoms with van der Waals surface area (Å²) in [5.41, 5.74) is -0.865. The molecule has 0 radical (unpaired) electrons. The first-order valence-corrected chi connectivity index (χ1v) is 5.75. The normalized spacial score (nSPS) is 26.9. The molecule has 0 aromatic carbocycles. The van der Waals surface area contributed by atoms with Crippen LogP contribution in [-0.4, -0.2) is 33.9 Å². The van der Waals surface area contributed by atoms with Gasteiger partial charge in [-0.05, 0) is 32.1 Å². The number of aliphatic hydroxyl groups is 1. The monoisotopic (exact) mass is 215 g/mol. The summed E-state index contributed by atoms with van der Waals surface area (Å²) in [4.78, 5) is 11.2. The Hall–Kier alpha value is -0.610. The second kappa shape index (κ2) is 4.94. The molecule has 1 rings (SSSR count). The summed E-state index contributed by atoms with van der Waals surface area (Å²) < 4.78 is 0. The average Bonchev–Trinajstić information content (AvgIpc) is 2.60. The zero-order valence-electron chi connectivity index (χ0n) is 9.49. The molecular formula is C11H21NO3. The van der Waals surface area contributed by atoms with E-state index in [1.54, 1.807) is 0 Å². The van der Waals surface area contributed by atoms with Crippen LogP contribution < -0.4 is 5.32 Å². The molecule has 4 heteroatoms. The highest BCUT2D eigenvalue weighted by atomic mass is 16.4. The summed E-state index contributed by atoms with van der Waals surface area (Å²) in [6, 6.07) is -0.0546. The van der Waals surface area contributed by atoms with Gasteiger partial charge in [0.2, 0.25) is 0 Å². The third-order valence-electron chi connectivity index (χ3n) is 3.56. The Labute approximate surface area is 90.7 Å². The molecule has 0 aliphatic heterocycles. The van der Waals surface area contributed by atoms with Crippen LogP contribution in [0.4, 0.5) is 0 Å². The van der Waals surface area contributed by atoms with Crippen LogP contribution in [0, 0.1) is 0 Å². The van der Waals surface area contributed by atoms with Gasteiger partial charge in [0.25, 0.3) is 0 Å². The van der Waals surface area contributed by atoms with E-state index in [-0.39, 0.29) is 12.1 Å². The maximum atomic E-state index is 11.2. The molecule has 0 amide bonds. The number of nitrogens with one attached hydrogen (secondary N) is 1. The predicted molar refractivity (Wildman–Crippen MR) is 57.7 cm³/mol. The van der Waals surface area contributed by atoms with Crippen molar-refractivity contribution >= 4 is 5.97 Å². The van der Waals surface area contributed by atoms with Crippen molar-refractivity contribution in [1.29, 1.82) is 0 Å². The van der Waals surface area contributed by atoms with Crippen molar-refractivity contribution < 1.29 is 15.0 Å². The molecule has 1 aliphatic rings. The number of aliphatic carboxylic acids is 1. The topological polar surface area (TPSA) is 69.6 Å². The van der Waals surface area contributed by atoms with Crippen LogP contribution in [0.3, 0.4) is 0 Å². The Morgan fingerprint density at radius 1 is 1.40 bits per heavy atom. The Balaban J connectivity index is 2.69. The number of carbonyl (C=O) groups is 1. The molecule has 0 spiro atoms. The fourth-order valence-corrected chi connectivity index (χ4v) is 2.28. The highest BCUT2D eigenvalue weighted by Crippen LogP contribution is 2.24. The fraction of sp³-hybridized carbons (Fsp3) is 0.909. The number of carboxylic acids is 1. The molecule has 0 bridgehead atoms. The van der Waals surface area contributed by atoms with Gasteiger partial charge in [0.15, 0.2) is 0 Å². The number of aliphatic hydroxyl groups excluding tert-OH is 1. The van der Waals surface area contributed by atoms with Crippen LogP contribution in [0.15, 0.2) is 0 Å². The molecule has 1 saturated carbocycles. The van der Waals surface area contributed by atoms with E-state index in [4.69, 9.17) is 0 Å². The quantitative estimate of drug-likeness (QED) is 0.643. The van der Waals surface area contributed by atoms with Crippen LogP contribution in [0.5, 0.6) is 0 Å². The molecule has 0 aromatic heterocycles. The van der Waals surface area contributed by atoms with E-state index in [0.717, 1.165) is 19.3 Å². The smallest absolute Gasteiger partial charge is 0.323 e. The Morgan fingerprint density at radius 3 is 2.33 bits per heavy atom. The van der Waals surface area contributed by atoms with Gasteiger partial charge in [0.1, 0.15) is 5.54 Å². The first kappa shape index (κ1) is 12.5. The van der Waals surface area contributed by atoms with Gasteiger partial charge in [-0.1, -0.05) is 13.8 Å². The zero-order valence-corrected chi connectivity index (χ0v) is 9.49. The minimum atomic E-state index is -0.865. The highest BCUT2D eigenvalue weighted by molar-refractivity contribution is 5.78. The lowest BCUT2D eigenvalue weighted by atomic mass is 9.91. The van der Waals surface area contributed by atoms with Crippen molar-refractivity contribution in [3.63, 3.8) is 0 Å². The summed E-state index contributed by atoms with van der Waals surface area (Å²) in [6.45, 7) is 3.73. The third-order valence-corrected chi connectivity index (χ3v) is 3.56. The molecule has 3 N–H and O–H groups in total. The second-order valence-electron chi connectivity index (χ2n) is 4.34. The maximum absolute atomic E-state index is 11.2. The van der Waals surface area contributed by atoms with Crippen molar-refractivity contribution in [1.82, 2.24) is 5.32 Å². The van der Waals surface area contributed by atoms with Crippen LogP contribution >= 0.6 is 0 Å². The summed E-state index contributed by atoms with van der Waals surface area (Å²) in [5.74, 6) is -0.813. The number of rotatable bonds is 5. The lowest BCUT2D eigenvalue weighted by Gasteiger charge is -2.32. The first-order valence-electron chi connectivity index (χ1n) is 5.75. The standard InChI is InChI=1S/C11H21NO3/c1-3-11(4-2,10(14)15)12-8-6-5-7-9(8)13/h8-9,12-13H,3-7H2,1-2H3,(H,14,15). The van der Waals surface area contributed by atoms with E-state index in [2.05, 4.69) is 5.32 Å². The van der Waals surface area contributed by atoms with Gasteiger partial charge in [-0.2, -0.15) is 0 Å². The molecule has 1 aliphatic carbocycles. The van der Waals surface area contributed by atoms with Gasteiger partial charge in [-0.3, -0.25) is 10.1 Å². The number of hydrogen-bond acceptors (Lipinski definition) is 3. The molecule has 2 atom stereocenters. The molecule has 88 valence electrons. The molecular weight excluding hydrogens is 194 g/mol. The lowest BCUT2D eigenvalue weighted by Crippen LogP contribution is -2.57. The van der Waals surface area contributed by atoms with Crippen molar-refractivity contribution in [2.75, 3.05) is 0 Å². The zero-order chi connectivity index (χ0) is 11.5. The molecule has 4 nitrogen and oxygen atoms in total. The largest absolute Gasteiger partial charge is 0.480 e. The predicted octanol–water partition coefficient (Wildman–Crippen LogP) is 1.13. The van der Waals surface area contributed by atoms with Crippen molar-refractivity contribution in [2.24, 2.45) is 0 Å². The van der Waals surface area contributed by atoms with E-state index in [1.165, 1.54) is 0 Å². The van der Waals surface area contributed by atoms with Crippen LogP contribution in [-0.2, 0) is 4.79 Å². The maximum Gasteiger partial charge on any atom is 0.323 e. The van der Waals surface area contributed by atoms with Crippen molar-refractivity contribution in [2.45, 2.75) is 63.6 Å². The van der Waals surface area contributed by atoms with Gasteiger partial charge < -0.3 is 10.2 Å². The highest BCUT2D eigenvalue weighted by Gasteiger charge is 2.39. The third kappa shape index (κ3) is 2.49. The molecule has 2 unspecified atom stereocenters. The van der Waals surface area contributed by atoms with E-state index >= 15 is 0 Å².